The SMILES string of the molecule is COC(=O)C1(c2nc(Cc3ccc(OC)cc3)no2)CC1. The fourth-order valence-electron chi connectivity index (χ4n) is 2.27. The third-order valence-electron chi connectivity index (χ3n) is 3.72. The Kier molecular flexibility index (Phi) is 3.37. The summed E-state index contributed by atoms with van der Waals surface area (Å²) in [6.07, 6.45) is 1.94. The van der Waals surface area contributed by atoms with Crippen LogP contribution in [0.2, 0.25) is 0 Å². The summed E-state index contributed by atoms with van der Waals surface area (Å²) in [4.78, 5) is 16.1. The number of carbonyl (C=O) groups is 1. The Morgan fingerprint density at radius 2 is 2.00 bits per heavy atom. The molecule has 3 rings (SSSR count). The molecule has 0 atom stereocenters. The molecule has 0 radical (unpaired) electrons. The Bertz CT molecular complexity index is 644. The number of carbonyl (C=O) groups excluding carboxylic acids is 1. The maximum atomic E-state index is 11.8. The summed E-state index contributed by atoms with van der Waals surface area (Å²) in [5.41, 5.74) is 0.339. The molecule has 1 aliphatic rings. The smallest absolute Gasteiger partial charge is 0.321 e. The predicted molar refractivity (Wildman–Crippen MR) is 73.0 cm³/mol. The second-order valence-corrected chi connectivity index (χ2v) is 5.11. The van der Waals surface area contributed by atoms with Gasteiger partial charge in [-0.15, -0.1) is 0 Å². The Balaban J connectivity index is 1.74. The van der Waals surface area contributed by atoms with Gasteiger partial charge in [-0.3, -0.25) is 4.79 Å². The van der Waals surface area contributed by atoms with E-state index in [1.807, 2.05) is 24.3 Å². The lowest BCUT2D eigenvalue weighted by molar-refractivity contribution is -0.144. The van der Waals surface area contributed by atoms with Crippen LogP contribution in [0, 0.1) is 0 Å². The van der Waals surface area contributed by atoms with Crippen LogP contribution in [-0.4, -0.2) is 30.3 Å². The zero-order valence-corrected chi connectivity index (χ0v) is 12.0. The summed E-state index contributed by atoms with van der Waals surface area (Å²) in [6.45, 7) is 0. The number of esters is 1. The zero-order valence-electron chi connectivity index (χ0n) is 12.0. The lowest BCUT2D eigenvalue weighted by Crippen LogP contribution is -2.22. The van der Waals surface area contributed by atoms with Crippen LogP contribution in [0.15, 0.2) is 28.8 Å². The van der Waals surface area contributed by atoms with Crippen LogP contribution in [0.3, 0.4) is 0 Å². The molecule has 6 nitrogen and oxygen atoms in total. The number of rotatable bonds is 5. The minimum Gasteiger partial charge on any atom is -0.497 e. The van der Waals surface area contributed by atoms with Crippen molar-refractivity contribution in [2.24, 2.45) is 0 Å². The molecule has 0 spiro atoms. The number of ether oxygens (including phenoxy) is 2. The molecule has 0 amide bonds. The molecule has 0 N–H and O–H groups in total. The van der Waals surface area contributed by atoms with Gasteiger partial charge in [0.15, 0.2) is 5.82 Å². The van der Waals surface area contributed by atoms with E-state index in [-0.39, 0.29) is 5.97 Å². The van der Waals surface area contributed by atoms with Crippen LogP contribution >= 0.6 is 0 Å². The lowest BCUT2D eigenvalue weighted by atomic mass is 10.1. The Hall–Kier alpha value is -2.37. The van der Waals surface area contributed by atoms with Gasteiger partial charge in [-0.05, 0) is 30.5 Å². The van der Waals surface area contributed by atoms with Crippen molar-refractivity contribution in [1.82, 2.24) is 10.1 Å². The van der Waals surface area contributed by atoms with Gasteiger partial charge >= 0.3 is 5.97 Å². The molecule has 0 bridgehead atoms. The van der Waals surface area contributed by atoms with E-state index in [2.05, 4.69) is 10.1 Å². The zero-order chi connectivity index (χ0) is 14.9. The van der Waals surface area contributed by atoms with Gasteiger partial charge in [0.2, 0.25) is 5.89 Å². The minimum absolute atomic E-state index is 0.304. The van der Waals surface area contributed by atoms with Crippen LogP contribution in [0.25, 0.3) is 0 Å². The summed E-state index contributed by atoms with van der Waals surface area (Å²) in [6, 6.07) is 7.66. The van der Waals surface area contributed by atoms with E-state index in [9.17, 15) is 4.79 Å². The summed E-state index contributed by atoms with van der Waals surface area (Å²) in [7, 11) is 3.00. The van der Waals surface area contributed by atoms with Crippen molar-refractivity contribution >= 4 is 5.97 Å². The summed E-state index contributed by atoms with van der Waals surface area (Å²) < 4.78 is 15.2. The largest absolute Gasteiger partial charge is 0.497 e. The highest BCUT2D eigenvalue weighted by Crippen LogP contribution is 2.48. The minimum atomic E-state index is -0.708. The molecule has 1 aromatic heterocycles. The van der Waals surface area contributed by atoms with Crippen molar-refractivity contribution < 1.29 is 18.8 Å². The van der Waals surface area contributed by atoms with Gasteiger partial charge in [0.25, 0.3) is 0 Å². The molecule has 2 aromatic rings. The Morgan fingerprint density at radius 3 is 2.57 bits per heavy atom. The molecule has 1 aromatic carbocycles. The van der Waals surface area contributed by atoms with Gasteiger partial charge in [-0.2, -0.15) is 4.98 Å². The van der Waals surface area contributed by atoms with Gasteiger partial charge in [-0.1, -0.05) is 17.3 Å². The predicted octanol–water partition coefficient (Wildman–Crippen LogP) is 1.87. The van der Waals surface area contributed by atoms with E-state index < -0.39 is 5.41 Å². The van der Waals surface area contributed by atoms with Crippen LogP contribution in [0.5, 0.6) is 5.75 Å². The highest BCUT2D eigenvalue weighted by Gasteiger charge is 2.57. The molecule has 0 saturated heterocycles. The van der Waals surface area contributed by atoms with E-state index in [1.54, 1.807) is 7.11 Å². The van der Waals surface area contributed by atoms with E-state index >= 15 is 0 Å². The first kappa shape index (κ1) is 13.6. The van der Waals surface area contributed by atoms with Crippen LogP contribution in [0.1, 0.15) is 30.1 Å². The van der Waals surface area contributed by atoms with Gasteiger partial charge in [0.1, 0.15) is 11.2 Å². The summed E-state index contributed by atoms with van der Waals surface area (Å²) in [5.74, 6) is 1.42. The molecule has 21 heavy (non-hydrogen) atoms. The van der Waals surface area contributed by atoms with Crippen LogP contribution in [-0.2, 0) is 21.4 Å². The average Bonchev–Trinajstić information content (AvgIpc) is 3.21. The van der Waals surface area contributed by atoms with Crippen molar-refractivity contribution in [3.05, 3.63) is 41.5 Å². The van der Waals surface area contributed by atoms with Gasteiger partial charge in [0.05, 0.1) is 14.2 Å². The number of methoxy groups -OCH3 is 2. The standard InChI is InChI=1S/C15H16N2O4/c1-19-11-5-3-10(4-6-11)9-12-16-13(21-17-12)15(7-8-15)14(18)20-2/h3-6H,7-9H2,1-2H3. The number of hydrogen-bond donors (Lipinski definition) is 0. The first-order valence-corrected chi connectivity index (χ1v) is 6.72. The van der Waals surface area contributed by atoms with Crippen molar-refractivity contribution in [3.63, 3.8) is 0 Å². The first-order chi connectivity index (χ1) is 10.2. The molecular weight excluding hydrogens is 272 g/mol. The molecule has 0 aliphatic heterocycles. The fourth-order valence-corrected chi connectivity index (χ4v) is 2.27. The Labute approximate surface area is 122 Å². The van der Waals surface area contributed by atoms with Crippen molar-refractivity contribution in [3.8, 4) is 5.75 Å². The van der Waals surface area contributed by atoms with E-state index in [0.29, 0.717) is 31.0 Å². The monoisotopic (exact) mass is 288 g/mol. The van der Waals surface area contributed by atoms with Crippen LogP contribution in [0.4, 0.5) is 0 Å². The third kappa shape index (κ3) is 2.49. The topological polar surface area (TPSA) is 74.5 Å². The number of nitrogens with zero attached hydrogens (tertiary/aromatic N) is 2. The molecule has 1 fully saturated rings. The van der Waals surface area contributed by atoms with Crippen molar-refractivity contribution in [1.29, 1.82) is 0 Å². The van der Waals surface area contributed by atoms with Gasteiger partial charge in [-0.25, -0.2) is 0 Å². The van der Waals surface area contributed by atoms with E-state index in [4.69, 9.17) is 14.0 Å². The molecule has 1 heterocycles. The Morgan fingerprint density at radius 1 is 1.29 bits per heavy atom. The lowest BCUT2D eigenvalue weighted by Gasteiger charge is -2.05. The molecule has 0 unspecified atom stereocenters. The van der Waals surface area contributed by atoms with Crippen LogP contribution < -0.4 is 4.74 Å². The molecule has 110 valence electrons. The highest BCUT2D eigenvalue weighted by molar-refractivity contribution is 5.85. The van der Waals surface area contributed by atoms with Crippen molar-refractivity contribution in [2.75, 3.05) is 14.2 Å². The van der Waals surface area contributed by atoms with E-state index in [0.717, 1.165) is 11.3 Å². The third-order valence-corrected chi connectivity index (χ3v) is 3.72. The first-order valence-electron chi connectivity index (χ1n) is 6.72. The van der Waals surface area contributed by atoms with Gasteiger partial charge < -0.3 is 14.0 Å². The number of benzene rings is 1. The molecule has 6 heteroatoms. The summed E-state index contributed by atoms with van der Waals surface area (Å²) >= 11 is 0. The normalized spacial score (nSPS) is 15.5. The maximum Gasteiger partial charge on any atom is 0.321 e. The van der Waals surface area contributed by atoms with E-state index in [1.165, 1.54) is 7.11 Å². The van der Waals surface area contributed by atoms with Gasteiger partial charge in [0, 0.05) is 6.42 Å². The van der Waals surface area contributed by atoms with Crippen molar-refractivity contribution in [2.45, 2.75) is 24.7 Å². The molecular formula is C15H16N2O4. The second-order valence-electron chi connectivity index (χ2n) is 5.11. The molecule has 1 saturated carbocycles. The second kappa shape index (κ2) is 5.20. The summed E-state index contributed by atoms with van der Waals surface area (Å²) in [5, 5.41) is 3.95. The maximum absolute atomic E-state index is 11.8. The highest BCUT2D eigenvalue weighted by atomic mass is 16.5. The number of aromatic nitrogens is 2. The molecule has 1 aliphatic carbocycles. The number of hydrogen-bond acceptors (Lipinski definition) is 6. The quantitative estimate of drug-likeness (QED) is 0.782. The fraction of sp³-hybridized carbons (Fsp3) is 0.400. The average molecular weight is 288 g/mol.